The lowest BCUT2D eigenvalue weighted by Gasteiger charge is -2.07. The topological polar surface area (TPSA) is 37.8 Å². The van der Waals surface area contributed by atoms with Gasteiger partial charge in [-0.25, -0.2) is 9.97 Å². The molecule has 0 saturated carbocycles. The van der Waals surface area contributed by atoms with Crippen molar-refractivity contribution in [1.29, 1.82) is 0 Å². The molecule has 0 unspecified atom stereocenters. The highest BCUT2D eigenvalue weighted by atomic mass is 15.0. The number of anilines is 1. The zero-order valence-corrected chi connectivity index (χ0v) is 8.54. The smallest absolute Gasteiger partial charge is 0.129 e. The summed E-state index contributed by atoms with van der Waals surface area (Å²) in [5.41, 5.74) is 1.09. The maximum atomic E-state index is 4.20. The van der Waals surface area contributed by atoms with Gasteiger partial charge in [0.05, 0.1) is 0 Å². The summed E-state index contributed by atoms with van der Waals surface area (Å²) in [7, 11) is 0. The summed E-state index contributed by atoms with van der Waals surface area (Å²) in [6, 6.07) is 2.01. The van der Waals surface area contributed by atoms with Crippen molar-refractivity contribution in [2.75, 3.05) is 11.9 Å². The second-order valence-electron chi connectivity index (χ2n) is 3.41. The fraction of sp³-hybridized carbons (Fsp3) is 0.600. The molecule has 0 aliphatic heterocycles. The van der Waals surface area contributed by atoms with Gasteiger partial charge >= 0.3 is 0 Å². The van der Waals surface area contributed by atoms with Gasteiger partial charge in [0, 0.05) is 18.3 Å². The highest BCUT2D eigenvalue weighted by molar-refractivity contribution is 5.35. The van der Waals surface area contributed by atoms with Crippen molar-refractivity contribution in [1.82, 2.24) is 9.97 Å². The monoisotopic (exact) mass is 179 g/mol. The minimum Gasteiger partial charge on any atom is -0.370 e. The number of aromatic nitrogens is 2. The summed E-state index contributed by atoms with van der Waals surface area (Å²) in [4.78, 5) is 8.33. The minimum atomic E-state index is 0.463. The molecule has 1 heterocycles. The minimum absolute atomic E-state index is 0.463. The van der Waals surface area contributed by atoms with Crippen molar-refractivity contribution in [3.05, 3.63) is 18.1 Å². The Balaban J connectivity index is 2.68. The maximum absolute atomic E-state index is 4.20. The molecule has 0 aliphatic carbocycles. The molecule has 1 aromatic heterocycles. The van der Waals surface area contributed by atoms with E-state index in [1.807, 2.05) is 6.07 Å². The Morgan fingerprint density at radius 1 is 1.38 bits per heavy atom. The fourth-order valence-corrected chi connectivity index (χ4v) is 1.04. The average molecular weight is 179 g/mol. The van der Waals surface area contributed by atoms with Crippen molar-refractivity contribution in [2.24, 2.45) is 0 Å². The molecule has 0 saturated heterocycles. The third kappa shape index (κ3) is 3.01. The molecule has 72 valence electrons. The zero-order chi connectivity index (χ0) is 9.68. The molecule has 0 radical (unpaired) electrons. The molecule has 0 fully saturated rings. The van der Waals surface area contributed by atoms with E-state index in [2.05, 4.69) is 36.1 Å². The van der Waals surface area contributed by atoms with Crippen LogP contribution in [0.15, 0.2) is 12.4 Å². The standard InChI is InChI=1S/C10H17N3/c1-4-5-11-10-6-9(8(2)3)12-7-13-10/h6-8H,4-5H2,1-3H3,(H,11,12,13). The van der Waals surface area contributed by atoms with Crippen molar-refractivity contribution in [3.8, 4) is 0 Å². The van der Waals surface area contributed by atoms with Crippen LogP contribution in [0.3, 0.4) is 0 Å². The molecule has 1 rings (SSSR count). The van der Waals surface area contributed by atoms with E-state index in [0.29, 0.717) is 5.92 Å². The van der Waals surface area contributed by atoms with E-state index < -0.39 is 0 Å². The molecule has 0 bridgehead atoms. The van der Waals surface area contributed by atoms with Gasteiger partial charge in [-0.3, -0.25) is 0 Å². The normalized spacial score (nSPS) is 10.5. The molecular formula is C10H17N3. The second kappa shape index (κ2) is 4.80. The lowest BCUT2D eigenvalue weighted by molar-refractivity contribution is 0.813. The summed E-state index contributed by atoms with van der Waals surface area (Å²) in [5.74, 6) is 1.39. The van der Waals surface area contributed by atoms with E-state index in [9.17, 15) is 0 Å². The molecule has 1 N–H and O–H groups in total. The fourth-order valence-electron chi connectivity index (χ4n) is 1.04. The van der Waals surface area contributed by atoms with Crippen molar-refractivity contribution in [2.45, 2.75) is 33.1 Å². The Hall–Kier alpha value is -1.12. The Morgan fingerprint density at radius 3 is 2.77 bits per heavy atom. The van der Waals surface area contributed by atoms with Gasteiger partial charge in [-0.05, 0) is 12.3 Å². The van der Waals surface area contributed by atoms with Crippen LogP contribution < -0.4 is 5.32 Å². The first-order valence-electron chi connectivity index (χ1n) is 4.79. The van der Waals surface area contributed by atoms with Crippen LogP contribution >= 0.6 is 0 Å². The zero-order valence-electron chi connectivity index (χ0n) is 8.54. The molecule has 13 heavy (non-hydrogen) atoms. The summed E-state index contributed by atoms with van der Waals surface area (Å²) >= 11 is 0. The lowest BCUT2D eigenvalue weighted by Crippen LogP contribution is -2.03. The molecule has 0 atom stereocenters. The third-order valence-corrected chi connectivity index (χ3v) is 1.84. The van der Waals surface area contributed by atoms with Crippen molar-refractivity contribution < 1.29 is 0 Å². The third-order valence-electron chi connectivity index (χ3n) is 1.84. The van der Waals surface area contributed by atoms with Gasteiger partial charge in [0.25, 0.3) is 0 Å². The predicted octanol–water partition coefficient (Wildman–Crippen LogP) is 2.42. The number of nitrogens with zero attached hydrogens (tertiary/aromatic N) is 2. The van der Waals surface area contributed by atoms with Gasteiger partial charge in [0.15, 0.2) is 0 Å². The van der Waals surface area contributed by atoms with Gasteiger partial charge in [0.1, 0.15) is 12.1 Å². The first kappa shape index (κ1) is 9.96. The molecule has 0 amide bonds. The molecule has 0 aromatic carbocycles. The van der Waals surface area contributed by atoms with E-state index in [-0.39, 0.29) is 0 Å². The number of hydrogen-bond donors (Lipinski definition) is 1. The Kier molecular flexibility index (Phi) is 3.68. The highest BCUT2D eigenvalue weighted by Gasteiger charge is 2.01. The Labute approximate surface area is 79.6 Å². The van der Waals surface area contributed by atoms with Crippen molar-refractivity contribution >= 4 is 5.82 Å². The summed E-state index contributed by atoms with van der Waals surface area (Å²) in [6.45, 7) is 7.37. The van der Waals surface area contributed by atoms with Crippen LogP contribution in [0.5, 0.6) is 0 Å². The van der Waals surface area contributed by atoms with E-state index >= 15 is 0 Å². The quantitative estimate of drug-likeness (QED) is 0.771. The van der Waals surface area contributed by atoms with Crippen LogP contribution in [0.25, 0.3) is 0 Å². The molecule has 0 spiro atoms. The van der Waals surface area contributed by atoms with E-state index in [1.54, 1.807) is 6.33 Å². The second-order valence-corrected chi connectivity index (χ2v) is 3.41. The highest BCUT2D eigenvalue weighted by Crippen LogP contribution is 2.13. The molecule has 0 aliphatic rings. The largest absolute Gasteiger partial charge is 0.370 e. The molecular weight excluding hydrogens is 162 g/mol. The van der Waals surface area contributed by atoms with Crippen LogP contribution in [-0.2, 0) is 0 Å². The molecule has 3 heteroatoms. The summed E-state index contributed by atoms with van der Waals surface area (Å²) in [5, 5.41) is 3.24. The van der Waals surface area contributed by atoms with Gasteiger partial charge in [-0.2, -0.15) is 0 Å². The Bertz CT molecular complexity index is 258. The van der Waals surface area contributed by atoms with Crippen molar-refractivity contribution in [3.63, 3.8) is 0 Å². The first-order valence-corrected chi connectivity index (χ1v) is 4.79. The predicted molar refractivity (Wildman–Crippen MR) is 54.9 cm³/mol. The number of hydrogen-bond acceptors (Lipinski definition) is 3. The number of nitrogens with one attached hydrogen (secondary N) is 1. The average Bonchev–Trinajstić information content (AvgIpc) is 2.15. The number of rotatable bonds is 4. The Morgan fingerprint density at radius 2 is 2.15 bits per heavy atom. The van der Waals surface area contributed by atoms with Crippen LogP contribution in [0.1, 0.15) is 38.8 Å². The van der Waals surface area contributed by atoms with Gasteiger partial charge in [-0.15, -0.1) is 0 Å². The van der Waals surface area contributed by atoms with E-state index in [1.165, 1.54) is 0 Å². The lowest BCUT2D eigenvalue weighted by atomic mass is 10.1. The van der Waals surface area contributed by atoms with Crippen LogP contribution in [0, 0.1) is 0 Å². The summed E-state index contributed by atoms with van der Waals surface area (Å²) < 4.78 is 0. The SMILES string of the molecule is CCCNc1cc(C(C)C)ncn1. The maximum Gasteiger partial charge on any atom is 0.129 e. The van der Waals surface area contributed by atoms with Crippen LogP contribution in [-0.4, -0.2) is 16.5 Å². The molecule has 3 nitrogen and oxygen atoms in total. The van der Waals surface area contributed by atoms with Crippen LogP contribution in [0.4, 0.5) is 5.82 Å². The van der Waals surface area contributed by atoms with Gasteiger partial charge < -0.3 is 5.32 Å². The molecule has 1 aromatic rings. The van der Waals surface area contributed by atoms with E-state index in [4.69, 9.17) is 0 Å². The van der Waals surface area contributed by atoms with Crippen LogP contribution in [0.2, 0.25) is 0 Å². The summed E-state index contributed by atoms with van der Waals surface area (Å²) in [6.07, 6.45) is 2.73. The first-order chi connectivity index (χ1) is 6.24. The van der Waals surface area contributed by atoms with E-state index in [0.717, 1.165) is 24.5 Å². The van der Waals surface area contributed by atoms with Gasteiger partial charge in [0.2, 0.25) is 0 Å². The van der Waals surface area contributed by atoms with Gasteiger partial charge in [-0.1, -0.05) is 20.8 Å².